The van der Waals surface area contributed by atoms with Gasteiger partial charge in [-0.25, -0.2) is 9.18 Å². The average molecular weight is 465 g/mol. The second-order valence-electron chi connectivity index (χ2n) is 9.12. The fraction of sp³-hybridized carbons (Fsp3) is 0.385. The normalized spacial score (nSPS) is 15.0. The first-order valence-corrected chi connectivity index (χ1v) is 11.6. The van der Waals surface area contributed by atoms with Gasteiger partial charge in [0.2, 0.25) is 0 Å². The zero-order chi connectivity index (χ0) is 23.8. The Labute approximate surface area is 197 Å². The topological polar surface area (TPSA) is 72.4 Å². The number of nitrogens with zero attached hydrogens (tertiary/aromatic N) is 3. The summed E-state index contributed by atoms with van der Waals surface area (Å²) in [6, 6.07) is 10.7. The summed E-state index contributed by atoms with van der Waals surface area (Å²) in [7, 11) is 5.73. The minimum atomic E-state index is -0.350. The van der Waals surface area contributed by atoms with Crippen molar-refractivity contribution < 1.29 is 13.9 Å². The summed E-state index contributed by atoms with van der Waals surface area (Å²) >= 11 is 0. The van der Waals surface area contributed by atoms with Crippen molar-refractivity contribution in [2.45, 2.75) is 18.8 Å². The fourth-order valence-electron chi connectivity index (χ4n) is 4.61. The highest BCUT2D eigenvalue weighted by Crippen LogP contribution is 2.36. The third kappa shape index (κ3) is 4.19. The molecule has 5 rings (SSSR count). The number of imidazole rings is 1. The highest BCUT2D eigenvalue weighted by atomic mass is 19.1. The molecule has 1 aliphatic rings. The van der Waals surface area contributed by atoms with E-state index in [0.29, 0.717) is 36.4 Å². The molecule has 1 fully saturated rings. The summed E-state index contributed by atoms with van der Waals surface area (Å²) in [5.74, 6) is 0.561. The molecule has 0 aliphatic carbocycles. The van der Waals surface area contributed by atoms with Crippen molar-refractivity contribution in [3.8, 4) is 16.9 Å². The molecule has 0 bridgehead atoms. The van der Waals surface area contributed by atoms with E-state index < -0.39 is 0 Å². The maximum Gasteiger partial charge on any atom is 0.326 e. The Hall–Kier alpha value is -3.23. The van der Waals surface area contributed by atoms with Crippen LogP contribution in [0, 0.1) is 5.82 Å². The van der Waals surface area contributed by atoms with Gasteiger partial charge in [0.1, 0.15) is 18.2 Å². The molecule has 0 unspecified atom stereocenters. The van der Waals surface area contributed by atoms with Crippen LogP contribution in [-0.4, -0.2) is 59.9 Å². The lowest BCUT2D eigenvalue weighted by molar-refractivity contribution is 0.0848. The van der Waals surface area contributed by atoms with Crippen LogP contribution in [0.3, 0.4) is 0 Å². The quantitative estimate of drug-likeness (QED) is 0.466. The first-order valence-electron chi connectivity index (χ1n) is 11.6. The lowest BCUT2D eigenvalue weighted by atomic mass is 9.93. The Morgan fingerprint density at radius 2 is 1.94 bits per heavy atom. The number of aromatic amines is 1. The van der Waals surface area contributed by atoms with Crippen molar-refractivity contribution in [2.24, 2.45) is 7.05 Å². The number of likely N-dealkylation sites (N-methyl/N-ethyl adjacent to an activating group) is 1. The molecule has 2 aromatic heterocycles. The van der Waals surface area contributed by atoms with E-state index >= 15 is 4.39 Å². The van der Waals surface area contributed by atoms with Crippen LogP contribution in [0.4, 0.5) is 4.39 Å². The van der Waals surface area contributed by atoms with E-state index in [-0.39, 0.29) is 17.4 Å². The lowest BCUT2D eigenvalue weighted by Crippen LogP contribution is -2.19. The molecule has 1 saturated heterocycles. The maximum absolute atomic E-state index is 15.3. The van der Waals surface area contributed by atoms with Crippen molar-refractivity contribution in [3.63, 3.8) is 0 Å². The van der Waals surface area contributed by atoms with Crippen molar-refractivity contribution in [2.75, 3.05) is 40.5 Å². The largest absolute Gasteiger partial charge is 0.492 e. The summed E-state index contributed by atoms with van der Waals surface area (Å²) in [4.78, 5) is 22.5. The van der Waals surface area contributed by atoms with Crippen molar-refractivity contribution in [1.29, 1.82) is 0 Å². The third-order valence-corrected chi connectivity index (χ3v) is 6.53. The highest BCUT2D eigenvalue weighted by Gasteiger charge is 2.24. The Balaban J connectivity index is 1.58. The number of halogens is 1. The van der Waals surface area contributed by atoms with E-state index in [1.165, 1.54) is 6.07 Å². The van der Waals surface area contributed by atoms with E-state index in [1.54, 1.807) is 17.7 Å². The van der Waals surface area contributed by atoms with Crippen LogP contribution in [0.15, 0.2) is 41.2 Å². The van der Waals surface area contributed by atoms with E-state index in [0.717, 1.165) is 47.3 Å². The van der Waals surface area contributed by atoms with Gasteiger partial charge in [0.05, 0.1) is 22.2 Å². The fourth-order valence-corrected chi connectivity index (χ4v) is 4.61. The third-order valence-electron chi connectivity index (χ3n) is 6.53. The van der Waals surface area contributed by atoms with E-state index in [4.69, 9.17) is 14.5 Å². The average Bonchev–Trinajstić information content (AvgIpc) is 3.13. The molecular weight excluding hydrogens is 435 g/mol. The number of ether oxygens (including phenoxy) is 2. The second-order valence-corrected chi connectivity index (χ2v) is 9.12. The summed E-state index contributed by atoms with van der Waals surface area (Å²) < 4.78 is 28.1. The van der Waals surface area contributed by atoms with Crippen LogP contribution in [0.2, 0.25) is 0 Å². The monoisotopic (exact) mass is 464 g/mol. The number of hydrogen-bond acceptors (Lipinski definition) is 5. The molecule has 0 atom stereocenters. The summed E-state index contributed by atoms with van der Waals surface area (Å²) in [6.45, 7) is 2.71. The smallest absolute Gasteiger partial charge is 0.326 e. The zero-order valence-electron chi connectivity index (χ0n) is 19.7. The van der Waals surface area contributed by atoms with Gasteiger partial charge in [-0.15, -0.1) is 0 Å². The van der Waals surface area contributed by atoms with Gasteiger partial charge in [-0.05, 0) is 50.7 Å². The van der Waals surface area contributed by atoms with Crippen LogP contribution in [0.1, 0.15) is 24.5 Å². The Morgan fingerprint density at radius 1 is 1.21 bits per heavy atom. The SMILES string of the molecule is CN(C)CCOc1ccc(-c2cc3c(cc2F)nc(C2CCOCC2)c2c3[nH]c(=O)n2C)cc1. The van der Waals surface area contributed by atoms with Gasteiger partial charge in [-0.3, -0.25) is 9.55 Å². The molecule has 1 N–H and O–H groups in total. The first kappa shape index (κ1) is 22.6. The van der Waals surface area contributed by atoms with Gasteiger partial charge in [0.15, 0.2) is 0 Å². The van der Waals surface area contributed by atoms with Crippen molar-refractivity contribution in [1.82, 2.24) is 19.4 Å². The standard InChI is InChI=1S/C26H29FN4O3/c1-30(2)10-13-34-18-6-4-16(5-7-18)19-14-20-22(15-21(19)27)28-23(17-8-11-33-12-9-17)25-24(20)29-26(32)31(25)3/h4-7,14-15,17H,8-13H2,1-3H3,(H,29,32). The number of aryl methyl sites for hydroxylation is 1. The van der Waals surface area contributed by atoms with Crippen LogP contribution in [-0.2, 0) is 11.8 Å². The number of aromatic nitrogens is 3. The molecule has 2 aromatic carbocycles. The van der Waals surface area contributed by atoms with Crippen molar-refractivity contribution in [3.05, 3.63) is 58.4 Å². The second kappa shape index (κ2) is 9.19. The lowest BCUT2D eigenvalue weighted by Gasteiger charge is -2.23. The first-order chi connectivity index (χ1) is 16.4. The van der Waals surface area contributed by atoms with E-state index in [9.17, 15) is 4.79 Å². The highest BCUT2D eigenvalue weighted by molar-refractivity contribution is 6.05. The van der Waals surface area contributed by atoms with Gasteiger partial charge < -0.3 is 19.4 Å². The minimum Gasteiger partial charge on any atom is -0.492 e. The number of H-pyrrole nitrogens is 1. The predicted octanol–water partition coefficient (Wildman–Crippen LogP) is 4.06. The van der Waals surface area contributed by atoms with Crippen LogP contribution in [0.5, 0.6) is 5.75 Å². The molecule has 7 nitrogen and oxygen atoms in total. The molecule has 178 valence electrons. The van der Waals surface area contributed by atoms with Crippen LogP contribution in [0.25, 0.3) is 33.1 Å². The van der Waals surface area contributed by atoms with Gasteiger partial charge >= 0.3 is 5.69 Å². The summed E-state index contributed by atoms with van der Waals surface area (Å²) in [6.07, 6.45) is 1.66. The molecule has 4 aromatic rings. The van der Waals surface area contributed by atoms with Gasteiger partial charge in [-0.2, -0.15) is 0 Å². The molecule has 0 spiro atoms. The van der Waals surface area contributed by atoms with Crippen molar-refractivity contribution >= 4 is 21.9 Å². The van der Waals surface area contributed by atoms with Gasteiger partial charge in [-0.1, -0.05) is 12.1 Å². The van der Waals surface area contributed by atoms with E-state index in [2.05, 4.69) is 9.88 Å². The summed E-state index contributed by atoms with van der Waals surface area (Å²) in [5, 5.41) is 0.728. The Morgan fingerprint density at radius 3 is 2.65 bits per heavy atom. The number of benzene rings is 2. The Bertz CT molecular complexity index is 1390. The van der Waals surface area contributed by atoms with Gasteiger partial charge in [0, 0.05) is 49.7 Å². The summed E-state index contributed by atoms with van der Waals surface area (Å²) in [5.41, 5.74) is 3.84. The molecule has 0 radical (unpaired) electrons. The number of fused-ring (bicyclic) bond motifs is 3. The number of hydrogen-bond donors (Lipinski definition) is 1. The number of nitrogens with one attached hydrogen (secondary N) is 1. The molecule has 3 heterocycles. The molecule has 0 amide bonds. The molecule has 8 heteroatoms. The maximum atomic E-state index is 15.3. The van der Waals surface area contributed by atoms with Crippen LogP contribution < -0.4 is 10.4 Å². The van der Waals surface area contributed by atoms with Gasteiger partial charge in [0.25, 0.3) is 0 Å². The molecular formula is C26H29FN4O3. The zero-order valence-corrected chi connectivity index (χ0v) is 19.7. The molecule has 1 aliphatic heterocycles. The Kier molecular flexibility index (Phi) is 6.10. The van der Waals surface area contributed by atoms with E-state index in [1.807, 2.05) is 38.4 Å². The molecule has 34 heavy (non-hydrogen) atoms. The number of rotatable bonds is 6. The molecule has 0 saturated carbocycles. The minimum absolute atomic E-state index is 0.171. The predicted molar refractivity (Wildman–Crippen MR) is 131 cm³/mol. The van der Waals surface area contributed by atoms with Crippen LogP contribution >= 0.6 is 0 Å². The number of pyridine rings is 1.